The Morgan fingerprint density at radius 3 is 2.67 bits per heavy atom. The molecule has 1 aliphatic carbocycles. The van der Waals surface area contributed by atoms with E-state index in [0.717, 1.165) is 24.2 Å². The minimum atomic E-state index is -0.766. The summed E-state index contributed by atoms with van der Waals surface area (Å²) in [5.74, 6) is 0.0775. The van der Waals surface area contributed by atoms with Gasteiger partial charge in [0.2, 0.25) is 0 Å². The Morgan fingerprint density at radius 2 is 1.90 bits per heavy atom. The Kier molecular flexibility index (Phi) is 3.91. The molecule has 0 amide bonds. The van der Waals surface area contributed by atoms with Gasteiger partial charge in [-0.3, -0.25) is 4.79 Å². The van der Waals surface area contributed by atoms with E-state index < -0.39 is 5.97 Å². The van der Waals surface area contributed by atoms with Gasteiger partial charge in [-0.2, -0.15) is 0 Å². The number of hydrogen-bond acceptors (Lipinski definition) is 2. The molecule has 3 rings (SSSR count). The number of aryl methyl sites for hydroxylation is 2. The van der Waals surface area contributed by atoms with E-state index >= 15 is 0 Å². The van der Waals surface area contributed by atoms with Gasteiger partial charge in [-0.05, 0) is 48.1 Å². The average Bonchev–Trinajstić information content (AvgIpc) is 2.90. The van der Waals surface area contributed by atoms with Crippen LogP contribution >= 0.6 is 0 Å². The number of aliphatic carboxylic acids is 1. The Balaban J connectivity index is 1.65. The van der Waals surface area contributed by atoms with Crippen molar-refractivity contribution < 1.29 is 14.6 Å². The summed E-state index contributed by atoms with van der Waals surface area (Å²) in [6.45, 7) is 0. The molecule has 0 heterocycles. The van der Waals surface area contributed by atoms with Gasteiger partial charge in [0, 0.05) is 6.42 Å². The van der Waals surface area contributed by atoms with E-state index in [-0.39, 0.29) is 12.5 Å². The fourth-order valence-electron chi connectivity index (χ4n) is 2.79. The molecule has 108 valence electrons. The maximum atomic E-state index is 10.6. The van der Waals surface area contributed by atoms with Gasteiger partial charge in [-0.15, -0.1) is 0 Å². The molecule has 2 aromatic carbocycles. The van der Waals surface area contributed by atoms with Crippen LogP contribution in [0.4, 0.5) is 0 Å². The van der Waals surface area contributed by atoms with E-state index in [1.165, 1.54) is 11.1 Å². The monoisotopic (exact) mass is 282 g/mol. The van der Waals surface area contributed by atoms with Crippen molar-refractivity contribution in [3.05, 3.63) is 65.2 Å². The number of fused-ring (bicyclic) bond motifs is 1. The fraction of sp³-hybridized carbons (Fsp3) is 0.278. The van der Waals surface area contributed by atoms with Crippen LogP contribution in [-0.4, -0.2) is 11.1 Å². The third kappa shape index (κ3) is 3.24. The molecule has 0 aliphatic heterocycles. The molecule has 1 N–H and O–H groups in total. The lowest BCUT2D eigenvalue weighted by Crippen LogP contribution is -2.03. The van der Waals surface area contributed by atoms with Crippen molar-refractivity contribution in [1.82, 2.24) is 0 Å². The van der Waals surface area contributed by atoms with E-state index in [1.807, 2.05) is 24.3 Å². The van der Waals surface area contributed by atoms with Gasteiger partial charge in [-0.25, -0.2) is 0 Å². The van der Waals surface area contributed by atoms with Gasteiger partial charge in [-0.1, -0.05) is 36.4 Å². The molecule has 0 saturated carbocycles. The first kappa shape index (κ1) is 13.7. The molecule has 0 fully saturated rings. The number of carboxylic acids is 1. The van der Waals surface area contributed by atoms with E-state index in [1.54, 1.807) is 0 Å². The summed E-state index contributed by atoms with van der Waals surface area (Å²) in [6, 6.07) is 16.2. The summed E-state index contributed by atoms with van der Waals surface area (Å²) in [4.78, 5) is 10.6. The lowest BCUT2D eigenvalue weighted by molar-refractivity contribution is -0.136. The topological polar surface area (TPSA) is 46.5 Å². The molecule has 2 aromatic rings. The zero-order valence-corrected chi connectivity index (χ0v) is 11.8. The number of rotatable bonds is 5. The Bertz CT molecular complexity index is 631. The quantitative estimate of drug-likeness (QED) is 0.908. The van der Waals surface area contributed by atoms with E-state index in [9.17, 15) is 4.79 Å². The molecule has 0 saturated heterocycles. The Labute approximate surface area is 124 Å². The van der Waals surface area contributed by atoms with Gasteiger partial charge in [0.1, 0.15) is 11.9 Å². The molecule has 1 aliphatic rings. The lowest BCUT2D eigenvalue weighted by Gasteiger charge is -2.15. The molecule has 21 heavy (non-hydrogen) atoms. The van der Waals surface area contributed by atoms with E-state index in [4.69, 9.17) is 9.84 Å². The van der Waals surface area contributed by atoms with Gasteiger partial charge >= 0.3 is 5.97 Å². The highest BCUT2D eigenvalue weighted by molar-refractivity contribution is 5.67. The maximum absolute atomic E-state index is 10.6. The predicted octanol–water partition coefficient (Wildman–Crippen LogP) is 3.77. The average molecular weight is 282 g/mol. The highest BCUT2D eigenvalue weighted by Crippen LogP contribution is 2.34. The molecule has 0 aromatic heterocycles. The normalized spacial score (nSPS) is 16.5. The Morgan fingerprint density at radius 1 is 1.14 bits per heavy atom. The van der Waals surface area contributed by atoms with Crippen LogP contribution in [-0.2, 0) is 17.6 Å². The minimum Gasteiger partial charge on any atom is -0.486 e. The molecule has 1 atom stereocenters. The fourth-order valence-corrected chi connectivity index (χ4v) is 2.79. The summed E-state index contributed by atoms with van der Waals surface area (Å²) in [5.41, 5.74) is 3.68. The molecule has 1 unspecified atom stereocenters. The number of carbonyl (C=O) groups is 1. The first-order valence-corrected chi connectivity index (χ1v) is 7.27. The SMILES string of the molecule is O=C(O)CCc1ccc(OC2CCc3ccccc32)cc1. The summed E-state index contributed by atoms with van der Waals surface area (Å²) in [7, 11) is 0. The zero-order valence-electron chi connectivity index (χ0n) is 11.8. The zero-order chi connectivity index (χ0) is 14.7. The van der Waals surface area contributed by atoms with Gasteiger partial charge in [0.25, 0.3) is 0 Å². The first-order chi connectivity index (χ1) is 10.2. The number of benzene rings is 2. The summed E-state index contributed by atoms with van der Waals surface area (Å²) < 4.78 is 6.07. The molecule has 0 spiro atoms. The van der Waals surface area contributed by atoms with Crippen molar-refractivity contribution in [1.29, 1.82) is 0 Å². The van der Waals surface area contributed by atoms with E-state index in [0.29, 0.717) is 6.42 Å². The van der Waals surface area contributed by atoms with Crippen molar-refractivity contribution in [2.24, 2.45) is 0 Å². The van der Waals surface area contributed by atoms with Crippen LogP contribution in [0.25, 0.3) is 0 Å². The second kappa shape index (κ2) is 6.00. The summed E-state index contributed by atoms with van der Waals surface area (Å²) in [6.07, 6.45) is 2.93. The van der Waals surface area contributed by atoms with Crippen molar-refractivity contribution >= 4 is 5.97 Å². The molecule has 3 heteroatoms. The molecule has 0 bridgehead atoms. The highest BCUT2D eigenvalue weighted by atomic mass is 16.5. The van der Waals surface area contributed by atoms with Crippen molar-refractivity contribution in [2.45, 2.75) is 31.8 Å². The van der Waals surface area contributed by atoms with Crippen molar-refractivity contribution in [3.8, 4) is 5.75 Å². The third-order valence-corrected chi connectivity index (χ3v) is 3.91. The van der Waals surface area contributed by atoms with Gasteiger partial charge in [0.15, 0.2) is 0 Å². The van der Waals surface area contributed by atoms with Crippen LogP contribution in [0, 0.1) is 0 Å². The smallest absolute Gasteiger partial charge is 0.303 e. The second-order valence-corrected chi connectivity index (χ2v) is 5.38. The lowest BCUT2D eigenvalue weighted by atomic mass is 10.1. The van der Waals surface area contributed by atoms with Crippen LogP contribution in [0.2, 0.25) is 0 Å². The van der Waals surface area contributed by atoms with Gasteiger partial charge < -0.3 is 9.84 Å². The first-order valence-electron chi connectivity index (χ1n) is 7.27. The third-order valence-electron chi connectivity index (χ3n) is 3.91. The highest BCUT2D eigenvalue weighted by Gasteiger charge is 2.23. The minimum absolute atomic E-state index is 0.131. The van der Waals surface area contributed by atoms with Crippen LogP contribution in [0.3, 0.4) is 0 Å². The standard InChI is InChI=1S/C18H18O3/c19-18(20)12-7-13-5-9-15(10-6-13)21-17-11-8-14-3-1-2-4-16(14)17/h1-6,9-10,17H,7-8,11-12H2,(H,19,20). The van der Waals surface area contributed by atoms with Gasteiger partial charge in [0.05, 0.1) is 0 Å². The molecule has 0 radical (unpaired) electrons. The molecule has 3 nitrogen and oxygen atoms in total. The molecular weight excluding hydrogens is 264 g/mol. The summed E-state index contributed by atoms with van der Waals surface area (Å²) in [5, 5.41) is 8.69. The maximum Gasteiger partial charge on any atom is 0.303 e. The van der Waals surface area contributed by atoms with Crippen LogP contribution in [0.5, 0.6) is 5.75 Å². The predicted molar refractivity (Wildman–Crippen MR) is 80.5 cm³/mol. The second-order valence-electron chi connectivity index (χ2n) is 5.38. The summed E-state index contributed by atoms with van der Waals surface area (Å²) >= 11 is 0. The van der Waals surface area contributed by atoms with Crippen LogP contribution in [0.1, 0.15) is 35.6 Å². The largest absolute Gasteiger partial charge is 0.486 e. The van der Waals surface area contributed by atoms with E-state index in [2.05, 4.69) is 24.3 Å². The molecular formula is C18H18O3. The number of ether oxygens (including phenoxy) is 1. The number of carboxylic acid groups (broad SMARTS) is 1. The van der Waals surface area contributed by atoms with Crippen molar-refractivity contribution in [2.75, 3.05) is 0 Å². The number of hydrogen-bond donors (Lipinski definition) is 1. The van der Waals surface area contributed by atoms with Crippen LogP contribution in [0.15, 0.2) is 48.5 Å². The Hall–Kier alpha value is -2.29. The van der Waals surface area contributed by atoms with Crippen molar-refractivity contribution in [3.63, 3.8) is 0 Å². The van der Waals surface area contributed by atoms with Crippen LogP contribution < -0.4 is 4.74 Å².